The van der Waals surface area contributed by atoms with Crippen molar-refractivity contribution in [1.29, 1.82) is 0 Å². The number of aromatic amines is 1. The summed E-state index contributed by atoms with van der Waals surface area (Å²) < 4.78 is 0. The Morgan fingerprint density at radius 2 is 1.82 bits per heavy atom. The molecule has 6 nitrogen and oxygen atoms in total. The summed E-state index contributed by atoms with van der Waals surface area (Å²) in [5, 5.41) is 15.3. The Labute approximate surface area is 225 Å². The molecule has 4 atom stereocenters. The van der Waals surface area contributed by atoms with E-state index in [1.54, 1.807) is 0 Å². The summed E-state index contributed by atoms with van der Waals surface area (Å²) in [6.07, 6.45) is 9.38. The Kier molecular flexibility index (Phi) is 6.93. The molecule has 200 valence electrons. The molecular weight excluding hydrogens is 472 g/mol. The molecule has 0 aliphatic carbocycles. The van der Waals surface area contributed by atoms with Crippen LogP contribution in [0.3, 0.4) is 0 Å². The smallest absolute Gasteiger partial charge is 0.303 e. The molecule has 38 heavy (non-hydrogen) atoms. The van der Waals surface area contributed by atoms with Gasteiger partial charge in [0.1, 0.15) is 0 Å². The van der Waals surface area contributed by atoms with Crippen LogP contribution in [0.1, 0.15) is 72.8 Å². The van der Waals surface area contributed by atoms with Crippen molar-refractivity contribution >= 4 is 29.0 Å². The summed E-state index contributed by atoms with van der Waals surface area (Å²) in [6, 6.07) is 2.35. The molecule has 1 aromatic heterocycles. The SMILES string of the molecule is CCC1=C(C)/C2=C/C3NC(=C(C)C3CC)/C=C3N=C(/C(C)=c4/cc(C)/c([nH]4)=C/C1=N2)[C@@H](CCC(=O)O)[C@@H]\3C. The van der Waals surface area contributed by atoms with E-state index in [2.05, 4.69) is 83.1 Å². The van der Waals surface area contributed by atoms with Gasteiger partial charge in [-0.2, -0.15) is 0 Å². The number of aryl methyl sites for hydroxylation is 1. The van der Waals surface area contributed by atoms with Gasteiger partial charge in [-0.15, -0.1) is 0 Å². The van der Waals surface area contributed by atoms with E-state index in [9.17, 15) is 9.90 Å². The first-order chi connectivity index (χ1) is 18.1. The number of hydrogen-bond donors (Lipinski definition) is 3. The second-order valence-corrected chi connectivity index (χ2v) is 11.2. The van der Waals surface area contributed by atoms with E-state index >= 15 is 0 Å². The zero-order valence-corrected chi connectivity index (χ0v) is 23.7. The number of carboxylic acid groups (broad SMARTS) is 1. The van der Waals surface area contributed by atoms with Crippen molar-refractivity contribution in [2.45, 2.75) is 80.2 Å². The lowest BCUT2D eigenvalue weighted by Crippen LogP contribution is -2.26. The number of nitrogens with zero attached hydrogens (tertiary/aromatic N) is 2. The average Bonchev–Trinajstić information content (AvgIpc) is 3.57. The van der Waals surface area contributed by atoms with Gasteiger partial charge in [-0.3, -0.25) is 9.79 Å². The van der Waals surface area contributed by atoms with Crippen LogP contribution in [-0.4, -0.2) is 33.5 Å². The summed E-state index contributed by atoms with van der Waals surface area (Å²) in [7, 11) is 0. The van der Waals surface area contributed by atoms with Gasteiger partial charge < -0.3 is 15.4 Å². The number of allylic oxidation sites excluding steroid dienone is 4. The number of rotatable bonds is 5. The fraction of sp³-hybridized carbons (Fsp3) is 0.469. The molecule has 2 unspecified atom stereocenters. The Morgan fingerprint density at radius 3 is 2.50 bits per heavy atom. The number of nitrogens with one attached hydrogen (secondary N) is 2. The molecule has 5 rings (SSSR count). The van der Waals surface area contributed by atoms with Crippen LogP contribution in [0.4, 0.5) is 0 Å². The molecule has 6 heteroatoms. The maximum Gasteiger partial charge on any atom is 0.303 e. The van der Waals surface area contributed by atoms with E-state index < -0.39 is 5.97 Å². The van der Waals surface area contributed by atoms with Gasteiger partial charge in [-0.1, -0.05) is 20.8 Å². The van der Waals surface area contributed by atoms with Gasteiger partial charge in [-0.05, 0) is 99.1 Å². The molecular formula is C32H40N4O2. The Balaban J connectivity index is 1.76. The predicted octanol–water partition coefficient (Wildman–Crippen LogP) is 5.08. The van der Waals surface area contributed by atoms with Crippen LogP contribution in [0, 0.1) is 24.7 Å². The van der Waals surface area contributed by atoms with Gasteiger partial charge in [0.25, 0.3) is 0 Å². The number of aromatic nitrogens is 1. The molecule has 0 radical (unpaired) electrons. The first-order valence-electron chi connectivity index (χ1n) is 14.0. The van der Waals surface area contributed by atoms with Crippen LogP contribution in [0.5, 0.6) is 0 Å². The summed E-state index contributed by atoms with van der Waals surface area (Å²) in [5.74, 6) is -0.184. The molecule has 0 saturated heterocycles. The Hall–Kier alpha value is -3.41. The van der Waals surface area contributed by atoms with E-state index in [0.717, 1.165) is 63.2 Å². The third-order valence-corrected chi connectivity index (χ3v) is 9.01. The van der Waals surface area contributed by atoms with Crippen molar-refractivity contribution in [3.8, 4) is 0 Å². The number of hydrogen-bond acceptors (Lipinski definition) is 4. The quantitative estimate of drug-likeness (QED) is 0.514. The monoisotopic (exact) mass is 512 g/mol. The van der Waals surface area contributed by atoms with Crippen molar-refractivity contribution in [1.82, 2.24) is 10.3 Å². The molecule has 3 N–H and O–H groups in total. The number of aliphatic carboxylic acids is 1. The molecule has 8 bridgehead atoms. The second-order valence-electron chi connectivity index (χ2n) is 11.2. The summed E-state index contributed by atoms with van der Waals surface area (Å²) >= 11 is 0. The molecule has 0 aromatic carbocycles. The van der Waals surface area contributed by atoms with Gasteiger partial charge in [0.15, 0.2) is 0 Å². The molecule has 5 heterocycles. The van der Waals surface area contributed by atoms with Crippen LogP contribution in [-0.2, 0) is 4.79 Å². The third kappa shape index (κ3) is 4.44. The summed E-state index contributed by atoms with van der Waals surface area (Å²) in [6.45, 7) is 15.3. The minimum Gasteiger partial charge on any atom is -0.481 e. The van der Waals surface area contributed by atoms with E-state index in [1.165, 1.54) is 16.7 Å². The summed E-state index contributed by atoms with van der Waals surface area (Å²) in [4.78, 5) is 25.5. The van der Waals surface area contributed by atoms with Crippen LogP contribution < -0.4 is 16.0 Å². The number of carboxylic acids is 1. The van der Waals surface area contributed by atoms with E-state index in [1.807, 2.05) is 0 Å². The minimum absolute atomic E-state index is 0.0592. The molecule has 0 amide bonds. The minimum atomic E-state index is -0.763. The fourth-order valence-electron chi connectivity index (χ4n) is 6.57. The van der Waals surface area contributed by atoms with Crippen molar-refractivity contribution in [2.75, 3.05) is 0 Å². The molecule has 1 aromatic rings. The van der Waals surface area contributed by atoms with Crippen molar-refractivity contribution in [3.05, 3.63) is 68.3 Å². The number of carbonyl (C=O) groups is 1. The molecule has 0 fully saturated rings. The van der Waals surface area contributed by atoms with Crippen LogP contribution >= 0.6 is 0 Å². The van der Waals surface area contributed by atoms with Gasteiger partial charge >= 0.3 is 5.97 Å². The largest absolute Gasteiger partial charge is 0.481 e. The first-order valence-corrected chi connectivity index (χ1v) is 14.0. The van der Waals surface area contributed by atoms with Gasteiger partial charge in [0.2, 0.25) is 0 Å². The number of H-pyrrole nitrogens is 1. The standard InChI is InChI=1S/C32H40N4O2/c1-8-21-18(5)27-15-30-22(9-2)17(4)26(34-30)14-28-19(6)23(10-11-31(37)38)32(36-28)20(7)25-12-16(3)24(33-25)13-29(21)35-27/h12-15,19,22-23,30,33-34H,8-11H2,1-7H3,(H,37,38)/b24-13-,25-20-,27-15-,28-14-/t19-,22?,23-,30?/m0/s1. The van der Waals surface area contributed by atoms with E-state index in [4.69, 9.17) is 9.98 Å². The van der Waals surface area contributed by atoms with Crippen molar-refractivity contribution in [2.24, 2.45) is 27.7 Å². The predicted molar refractivity (Wildman–Crippen MR) is 155 cm³/mol. The Bertz CT molecular complexity index is 1510. The second kappa shape index (κ2) is 10.0. The lowest BCUT2D eigenvalue weighted by atomic mass is 9.84. The zero-order chi connectivity index (χ0) is 27.3. The van der Waals surface area contributed by atoms with E-state index in [-0.39, 0.29) is 24.3 Å². The first kappa shape index (κ1) is 26.2. The average molecular weight is 513 g/mol. The summed E-state index contributed by atoms with van der Waals surface area (Å²) in [5.41, 5.74) is 11.4. The maximum atomic E-state index is 11.5. The molecule has 4 aliphatic heterocycles. The van der Waals surface area contributed by atoms with E-state index in [0.29, 0.717) is 12.3 Å². The topological polar surface area (TPSA) is 89.8 Å². The lowest BCUT2D eigenvalue weighted by Gasteiger charge is -2.18. The van der Waals surface area contributed by atoms with Crippen molar-refractivity contribution in [3.63, 3.8) is 0 Å². The fourth-order valence-corrected chi connectivity index (χ4v) is 6.57. The molecule has 0 spiro atoms. The third-order valence-electron chi connectivity index (χ3n) is 9.01. The van der Waals surface area contributed by atoms with Crippen LogP contribution in [0.25, 0.3) is 11.6 Å². The van der Waals surface area contributed by atoms with Gasteiger partial charge in [-0.25, -0.2) is 4.99 Å². The normalized spacial score (nSPS) is 31.7. The molecule has 0 saturated carbocycles. The highest BCUT2D eigenvalue weighted by atomic mass is 16.4. The number of aliphatic imine (C=N–C) groups is 2. The van der Waals surface area contributed by atoms with Crippen LogP contribution in [0.15, 0.2) is 62.0 Å². The maximum absolute atomic E-state index is 11.5. The number of fused-ring (bicyclic) bond motifs is 6. The molecule has 4 aliphatic rings. The van der Waals surface area contributed by atoms with Crippen LogP contribution in [0.2, 0.25) is 0 Å². The van der Waals surface area contributed by atoms with Gasteiger partial charge in [0.05, 0.1) is 17.5 Å². The highest BCUT2D eigenvalue weighted by Crippen LogP contribution is 2.39. The lowest BCUT2D eigenvalue weighted by molar-refractivity contribution is -0.137. The van der Waals surface area contributed by atoms with Crippen molar-refractivity contribution < 1.29 is 9.90 Å². The highest BCUT2D eigenvalue weighted by molar-refractivity contribution is 6.23. The zero-order valence-electron chi connectivity index (χ0n) is 23.7. The Morgan fingerprint density at radius 1 is 1.05 bits per heavy atom. The highest BCUT2D eigenvalue weighted by Gasteiger charge is 2.35. The van der Waals surface area contributed by atoms with Gasteiger partial charge in [0, 0.05) is 52.0 Å².